The summed E-state index contributed by atoms with van der Waals surface area (Å²) in [6, 6.07) is 2.67. The first-order chi connectivity index (χ1) is 9.20. The molecule has 20 heavy (non-hydrogen) atoms. The minimum Gasteiger partial charge on any atom is -0.462 e. The molecular weight excluding hydrogens is 260 g/mol. The number of aryl methyl sites for hydroxylation is 1. The van der Waals surface area contributed by atoms with Gasteiger partial charge < -0.3 is 4.42 Å². The van der Waals surface area contributed by atoms with Crippen LogP contribution in [0.5, 0.6) is 0 Å². The molecule has 0 aromatic carbocycles. The van der Waals surface area contributed by atoms with Crippen molar-refractivity contribution in [2.24, 2.45) is 0 Å². The third-order valence-corrected chi connectivity index (χ3v) is 2.82. The van der Waals surface area contributed by atoms with Crippen LogP contribution in [0.1, 0.15) is 32.3 Å². The highest BCUT2D eigenvalue weighted by Crippen LogP contribution is 2.22. The molecule has 0 bridgehead atoms. The summed E-state index contributed by atoms with van der Waals surface area (Å²) >= 11 is 0. The SMILES string of the molecule is Cc1ccc(/C=C2\C(=O)NC(=O)N(C(C)(C)C)C2=O)o1. The summed E-state index contributed by atoms with van der Waals surface area (Å²) in [5, 5.41) is 2.16. The molecule has 2 heterocycles. The van der Waals surface area contributed by atoms with Crippen LogP contribution in [0.15, 0.2) is 22.1 Å². The van der Waals surface area contributed by atoms with E-state index < -0.39 is 23.4 Å². The van der Waals surface area contributed by atoms with Crippen molar-refractivity contribution in [3.63, 3.8) is 0 Å². The van der Waals surface area contributed by atoms with Crippen LogP contribution < -0.4 is 5.32 Å². The number of amides is 4. The van der Waals surface area contributed by atoms with Crippen LogP contribution >= 0.6 is 0 Å². The zero-order valence-electron chi connectivity index (χ0n) is 11.8. The van der Waals surface area contributed by atoms with Crippen molar-refractivity contribution >= 4 is 23.9 Å². The summed E-state index contributed by atoms with van der Waals surface area (Å²) in [7, 11) is 0. The van der Waals surface area contributed by atoms with Gasteiger partial charge in [0.2, 0.25) is 0 Å². The second kappa shape index (κ2) is 4.63. The van der Waals surface area contributed by atoms with Gasteiger partial charge in [-0.05, 0) is 45.9 Å². The Balaban J connectivity index is 2.42. The molecule has 0 radical (unpaired) electrons. The molecule has 6 heteroatoms. The van der Waals surface area contributed by atoms with Crippen LogP contribution in [0.2, 0.25) is 0 Å². The minimum atomic E-state index is -0.722. The van der Waals surface area contributed by atoms with Gasteiger partial charge in [-0.1, -0.05) is 0 Å². The van der Waals surface area contributed by atoms with Crippen LogP contribution in [0, 0.1) is 6.92 Å². The lowest BCUT2D eigenvalue weighted by Gasteiger charge is -2.36. The number of furan rings is 1. The molecule has 0 unspecified atom stereocenters. The Hall–Kier alpha value is -2.37. The lowest BCUT2D eigenvalue weighted by molar-refractivity contribution is -0.133. The minimum absolute atomic E-state index is 0.117. The number of rotatable bonds is 1. The smallest absolute Gasteiger partial charge is 0.331 e. The lowest BCUT2D eigenvalue weighted by Crippen LogP contribution is -2.60. The van der Waals surface area contributed by atoms with Gasteiger partial charge in [0.1, 0.15) is 17.1 Å². The fourth-order valence-electron chi connectivity index (χ4n) is 1.94. The number of imide groups is 2. The van der Waals surface area contributed by atoms with E-state index in [0.29, 0.717) is 11.5 Å². The number of hydrogen-bond acceptors (Lipinski definition) is 4. The number of barbiturate groups is 1. The average molecular weight is 276 g/mol. The molecule has 6 nitrogen and oxygen atoms in total. The Morgan fingerprint density at radius 3 is 2.35 bits per heavy atom. The zero-order chi connectivity index (χ0) is 15.1. The number of nitrogens with one attached hydrogen (secondary N) is 1. The lowest BCUT2D eigenvalue weighted by atomic mass is 10.0. The van der Waals surface area contributed by atoms with E-state index in [1.54, 1.807) is 39.8 Å². The second-order valence-electron chi connectivity index (χ2n) is 5.58. The first-order valence-corrected chi connectivity index (χ1v) is 6.18. The fraction of sp³-hybridized carbons (Fsp3) is 0.357. The van der Waals surface area contributed by atoms with Gasteiger partial charge in [0.25, 0.3) is 11.8 Å². The molecule has 1 aliphatic rings. The molecule has 1 aliphatic heterocycles. The summed E-state index contributed by atoms with van der Waals surface area (Å²) in [6.45, 7) is 6.91. The van der Waals surface area contributed by atoms with Gasteiger partial charge in [-0.25, -0.2) is 4.79 Å². The number of carbonyl (C=O) groups is 3. The first-order valence-electron chi connectivity index (χ1n) is 6.18. The maximum atomic E-state index is 12.3. The molecule has 1 aromatic rings. The predicted molar refractivity (Wildman–Crippen MR) is 71.6 cm³/mol. The molecule has 2 rings (SSSR count). The monoisotopic (exact) mass is 276 g/mol. The van der Waals surface area contributed by atoms with Crippen molar-refractivity contribution in [3.05, 3.63) is 29.2 Å². The van der Waals surface area contributed by atoms with Crippen LogP contribution in [0.25, 0.3) is 6.08 Å². The quantitative estimate of drug-likeness (QED) is 0.627. The third kappa shape index (κ3) is 2.49. The van der Waals surface area contributed by atoms with Gasteiger partial charge in [0.05, 0.1) is 0 Å². The topological polar surface area (TPSA) is 79.6 Å². The summed E-state index contributed by atoms with van der Waals surface area (Å²) in [5.74, 6) is -0.275. The van der Waals surface area contributed by atoms with Gasteiger partial charge in [-0.15, -0.1) is 0 Å². The molecular formula is C14H16N2O4. The zero-order valence-corrected chi connectivity index (χ0v) is 11.8. The largest absolute Gasteiger partial charge is 0.462 e. The van der Waals surface area contributed by atoms with E-state index in [0.717, 1.165) is 4.90 Å². The molecule has 4 amide bonds. The van der Waals surface area contributed by atoms with E-state index in [9.17, 15) is 14.4 Å². The van der Waals surface area contributed by atoms with Crippen molar-refractivity contribution in [2.75, 3.05) is 0 Å². The van der Waals surface area contributed by atoms with E-state index in [1.807, 2.05) is 0 Å². The maximum Gasteiger partial charge on any atom is 0.331 e. The standard InChI is InChI=1S/C14H16N2O4/c1-8-5-6-9(20-8)7-10-11(17)15-13(19)16(12(10)18)14(2,3)4/h5-7H,1-4H3,(H,15,17,19)/b10-7+. The first kappa shape index (κ1) is 14.0. The van der Waals surface area contributed by atoms with Crippen molar-refractivity contribution < 1.29 is 18.8 Å². The van der Waals surface area contributed by atoms with Gasteiger partial charge in [-0.3, -0.25) is 19.8 Å². The molecule has 106 valence electrons. The summed E-state index contributed by atoms with van der Waals surface area (Å²) in [4.78, 5) is 37.0. The van der Waals surface area contributed by atoms with Crippen molar-refractivity contribution in [2.45, 2.75) is 33.2 Å². The summed E-state index contributed by atoms with van der Waals surface area (Å²) in [5.41, 5.74) is -0.839. The Bertz CT molecular complexity index is 619. The Morgan fingerprint density at radius 2 is 1.85 bits per heavy atom. The molecule has 0 spiro atoms. The summed E-state index contributed by atoms with van der Waals surface area (Å²) in [6.07, 6.45) is 1.34. The average Bonchev–Trinajstić information content (AvgIpc) is 2.67. The number of hydrogen-bond donors (Lipinski definition) is 1. The molecule has 0 saturated carbocycles. The van der Waals surface area contributed by atoms with Gasteiger partial charge in [0.15, 0.2) is 0 Å². The molecule has 0 aliphatic carbocycles. The normalized spacial score (nSPS) is 18.7. The number of urea groups is 1. The van der Waals surface area contributed by atoms with Crippen molar-refractivity contribution in [1.29, 1.82) is 0 Å². The van der Waals surface area contributed by atoms with Gasteiger partial charge in [0, 0.05) is 5.54 Å². The molecule has 1 fully saturated rings. The molecule has 1 saturated heterocycles. The number of nitrogens with zero attached hydrogens (tertiary/aromatic N) is 1. The second-order valence-corrected chi connectivity index (χ2v) is 5.58. The van der Waals surface area contributed by atoms with Gasteiger partial charge >= 0.3 is 6.03 Å². The highest BCUT2D eigenvalue weighted by atomic mass is 16.3. The summed E-state index contributed by atoms with van der Waals surface area (Å²) < 4.78 is 5.32. The molecule has 0 atom stereocenters. The van der Waals surface area contributed by atoms with E-state index in [1.165, 1.54) is 6.08 Å². The highest BCUT2D eigenvalue weighted by Gasteiger charge is 2.41. The van der Waals surface area contributed by atoms with E-state index in [-0.39, 0.29) is 5.57 Å². The highest BCUT2D eigenvalue weighted by molar-refractivity contribution is 6.31. The van der Waals surface area contributed by atoms with E-state index in [2.05, 4.69) is 5.32 Å². The van der Waals surface area contributed by atoms with Crippen LogP contribution in [-0.4, -0.2) is 28.3 Å². The Kier molecular flexibility index (Phi) is 3.25. The number of carbonyl (C=O) groups excluding carboxylic acids is 3. The predicted octanol–water partition coefficient (Wildman–Crippen LogP) is 1.85. The maximum absolute atomic E-state index is 12.3. The van der Waals surface area contributed by atoms with Crippen LogP contribution in [-0.2, 0) is 9.59 Å². The fourth-order valence-corrected chi connectivity index (χ4v) is 1.94. The van der Waals surface area contributed by atoms with Crippen LogP contribution in [0.3, 0.4) is 0 Å². The van der Waals surface area contributed by atoms with E-state index >= 15 is 0 Å². The van der Waals surface area contributed by atoms with Gasteiger partial charge in [-0.2, -0.15) is 0 Å². The third-order valence-electron chi connectivity index (χ3n) is 2.82. The van der Waals surface area contributed by atoms with Crippen molar-refractivity contribution in [3.8, 4) is 0 Å². The van der Waals surface area contributed by atoms with Crippen molar-refractivity contribution in [1.82, 2.24) is 10.2 Å². The Labute approximate surface area is 116 Å². The van der Waals surface area contributed by atoms with Crippen LogP contribution in [0.4, 0.5) is 4.79 Å². The molecule has 1 aromatic heterocycles. The molecule has 1 N–H and O–H groups in total. The Morgan fingerprint density at radius 1 is 1.20 bits per heavy atom. The van der Waals surface area contributed by atoms with E-state index in [4.69, 9.17) is 4.42 Å².